The Labute approximate surface area is 223 Å². The van der Waals surface area contributed by atoms with E-state index < -0.39 is 13.9 Å². The van der Waals surface area contributed by atoms with Gasteiger partial charge >= 0.3 is 0 Å². The molecule has 5 rings (SSSR count). The monoisotopic (exact) mass is 516 g/mol. The van der Waals surface area contributed by atoms with Gasteiger partial charge in [0.25, 0.3) is 0 Å². The van der Waals surface area contributed by atoms with Crippen LogP contribution in [0.15, 0.2) is 91.0 Å². The first kappa shape index (κ1) is 26.3. The maximum Gasteiger partial charge on any atom is 0.192 e. The van der Waals surface area contributed by atoms with Crippen molar-refractivity contribution < 1.29 is 18.6 Å². The molecule has 0 saturated carbocycles. The molecule has 0 amide bonds. The van der Waals surface area contributed by atoms with E-state index in [-0.39, 0.29) is 29.5 Å². The Morgan fingerprint density at radius 3 is 1.62 bits per heavy atom. The van der Waals surface area contributed by atoms with Crippen molar-refractivity contribution in [1.82, 2.24) is 0 Å². The summed E-state index contributed by atoms with van der Waals surface area (Å²) >= 11 is 0. The molecule has 0 aliphatic carbocycles. The molecule has 0 spiro atoms. The molecule has 3 aromatic rings. The van der Waals surface area contributed by atoms with Crippen LogP contribution in [0.1, 0.15) is 43.9 Å². The Kier molecular flexibility index (Phi) is 7.45. The molecular formula is C32H40O4Si. The van der Waals surface area contributed by atoms with Gasteiger partial charge in [0.2, 0.25) is 0 Å². The van der Waals surface area contributed by atoms with E-state index in [4.69, 9.17) is 18.6 Å². The van der Waals surface area contributed by atoms with Crippen molar-refractivity contribution in [2.75, 3.05) is 13.2 Å². The maximum atomic E-state index is 7.12. The van der Waals surface area contributed by atoms with Gasteiger partial charge in [-0.05, 0) is 34.8 Å². The van der Waals surface area contributed by atoms with Crippen LogP contribution in [0, 0.1) is 0 Å². The van der Waals surface area contributed by atoms with Gasteiger partial charge in [0.15, 0.2) is 8.32 Å². The molecule has 2 saturated heterocycles. The van der Waals surface area contributed by atoms with Crippen molar-refractivity contribution in [3.05, 3.63) is 108 Å². The molecule has 0 radical (unpaired) electrons. The van der Waals surface area contributed by atoms with Crippen molar-refractivity contribution in [1.29, 1.82) is 0 Å². The van der Waals surface area contributed by atoms with Crippen molar-refractivity contribution in [2.45, 2.75) is 75.3 Å². The van der Waals surface area contributed by atoms with Crippen molar-refractivity contribution in [2.24, 2.45) is 0 Å². The highest BCUT2D eigenvalue weighted by Gasteiger charge is 2.49. The first-order valence-electron chi connectivity index (χ1n) is 13.5. The molecule has 2 fully saturated rings. The molecule has 0 unspecified atom stereocenters. The van der Waals surface area contributed by atoms with Crippen LogP contribution in [0.2, 0.25) is 18.1 Å². The van der Waals surface area contributed by atoms with Crippen LogP contribution in [-0.4, -0.2) is 45.9 Å². The minimum atomic E-state index is -2.00. The molecule has 2 aliphatic heterocycles. The fourth-order valence-electron chi connectivity index (χ4n) is 5.06. The van der Waals surface area contributed by atoms with Gasteiger partial charge in [-0.3, -0.25) is 0 Å². The third-order valence-corrected chi connectivity index (χ3v) is 12.8. The van der Waals surface area contributed by atoms with Crippen molar-refractivity contribution in [3.8, 4) is 0 Å². The maximum absolute atomic E-state index is 7.12. The lowest BCUT2D eigenvalue weighted by atomic mass is 9.80. The highest BCUT2D eigenvalue weighted by Crippen LogP contribution is 2.44. The SMILES string of the molecule is CC(C)(C)[Si](C)(C)O[C@@H]1C[C@H]([C@@H]2CO2)O[C@H]1COC(c1ccccc1)(c1ccccc1)c1ccccc1. The molecule has 2 aliphatic rings. The number of hydrogen-bond acceptors (Lipinski definition) is 4. The van der Waals surface area contributed by atoms with E-state index in [1.54, 1.807) is 0 Å². The molecular weight excluding hydrogens is 476 g/mol. The second-order valence-corrected chi connectivity index (χ2v) is 16.6. The van der Waals surface area contributed by atoms with Crippen LogP contribution in [0.25, 0.3) is 0 Å². The second kappa shape index (κ2) is 10.5. The molecule has 0 bridgehead atoms. The van der Waals surface area contributed by atoms with E-state index in [0.29, 0.717) is 6.61 Å². The van der Waals surface area contributed by atoms with Crippen LogP contribution < -0.4 is 0 Å². The fraction of sp³-hybridized carbons (Fsp3) is 0.438. The van der Waals surface area contributed by atoms with Gasteiger partial charge in [0.1, 0.15) is 17.8 Å². The Balaban J connectivity index is 1.51. The third-order valence-electron chi connectivity index (χ3n) is 8.26. The average molecular weight is 517 g/mol. The van der Waals surface area contributed by atoms with E-state index in [9.17, 15) is 0 Å². The molecule has 4 nitrogen and oxygen atoms in total. The average Bonchev–Trinajstić information content (AvgIpc) is 3.67. The van der Waals surface area contributed by atoms with Crippen molar-refractivity contribution >= 4 is 8.32 Å². The van der Waals surface area contributed by atoms with E-state index in [1.807, 2.05) is 18.2 Å². The van der Waals surface area contributed by atoms with Crippen LogP contribution in [0.5, 0.6) is 0 Å². The molecule has 3 aromatic carbocycles. The second-order valence-electron chi connectivity index (χ2n) is 11.8. The summed E-state index contributed by atoms with van der Waals surface area (Å²) in [6.45, 7) is 12.7. The number of hydrogen-bond donors (Lipinski definition) is 0. The summed E-state index contributed by atoms with van der Waals surface area (Å²) in [5.41, 5.74) is 2.50. The summed E-state index contributed by atoms with van der Waals surface area (Å²) in [6, 6.07) is 31.5. The third kappa shape index (κ3) is 5.47. The topological polar surface area (TPSA) is 40.2 Å². The number of benzene rings is 3. The Hall–Kier alpha value is -2.28. The van der Waals surface area contributed by atoms with Gasteiger partial charge in [-0.2, -0.15) is 0 Å². The standard InChI is InChI=1S/C32H40O4Si/c1-31(2,3)37(4,5)36-28-21-27(29-22-33-29)35-30(28)23-34-32(24-15-9-6-10-16-24,25-17-11-7-12-18-25)26-19-13-8-14-20-26/h6-20,27-30H,21-23H2,1-5H3/t27-,28-,29+,30+/m1/s1. The highest BCUT2D eigenvalue weighted by molar-refractivity contribution is 6.74. The largest absolute Gasteiger partial charge is 0.411 e. The molecule has 37 heavy (non-hydrogen) atoms. The number of rotatable bonds is 9. The minimum Gasteiger partial charge on any atom is -0.411 e. The molecule has 5 heteroatoms. The summed E-state index contributed by atoms with van der Waals surface area (Å²) in [6.07, 6.45) is 0.898. The quantitative estimate of drug-likeness (QED) is 0.175. The zero-order valence-corrected chi connectivity index (χ0v) is 23.7. The lowest BCUT2D eigenvalue weighted by molar-refractivity contribution is -0.0830. The van der Waals surface area contributed by atoms with Crippen LogP contribution >= 0.6 is 0 Å². The summed E-state index contributed by atoms with van der Waals surface area (Å²) in [4.78, 5) is 0. The minimum absolute atomic E-state index is 0.0184. The Bertz CT molecular complexity index is 1040. The summed E-state index contributed by atoms with van der Waals surface area (Å²) < 4.78 is 26.3. The molecule has 4 atom stereocenters. The van der Waals surface area contributed by atoms with E-state index in [0.717, 1.165) is 29.7 Å². The first-order valence-corrected chi connectivity index (χ1v) is 16.4. The predicted molar refractivity (Wildman–Crippen MR) is 150 cm³/mol. The van der Waals surface area contributed by atoms with Gasteiger partial charge in [0.05, 0.1) is 25.4 Å². The van der Waals surface area contributed by atoms with Gasteiger partial charge < -0.3 is 18.6 Å². The molecule has 0 aromatic heterocycles. The van der Waals surface area contributed by atoms with E-state index >= 15 is 0 Å². The number of epoxide rings is 1. The van der Waals surface area contributed by atoms with Gasteiger partial charge in [-0.15, -0.1) is 0 Å². The van der Waals surface area contributed by atoms with Crippen LogP contribution in [-0.2, 0) is 24.2 Å². The lowest BCUT2D eigenvalue weighted by Gasteiger charge is -2.40. The number of ether oxygens (including phenoxy) is 3. The van der Waals surface area contributed by atoms with Crippen LogP contribution in [0.4, 0.5) is 0 Å². The molecule has 2 heterocycles. The van der Waals surface area contributed by atoms with E-state index in [1.165, 1.54) is 0 Å². The summed E-state index contributed by atoms with van der Waals surface area (Å²) in [5, 5.41) is 0.119. The van der Waals surface area contributed by atoms with Gasteiger partial charge in [-0.25, -0.2) is 0 Å². The smallest absolute Gasteiger partial charge is 0.192 e. The zero-order valence-electron chi connectivity index (χ0n) is 22.7. The predicted octanol–water partition coefficient (Wildman–Crippen LogP) is 6.94. The Morgan fingerprint density at radius 1 is 0.757 bits per heavy atom. The van der Waals surface area contributed by atoms with Gasteiger partial charge in [-0.1, -0.05) is 112 Å². The lowest BCUT2D eigenvalue weighted by Crippen LogP contribution is -2.47. The summed E-state index contributed by atoms with van der Waals surface area (Å²) in [5.74, 6) is 0. The highest BCUT2D eigenvalue weighted by atomic mass is 28.4. The van der Waals surface area contributed by atoms with Crippen molar-refractivity contribution in [3.63, 3.8) is 0 Å². The van der Waals surface area contributed by atoms with Crippen LogP contribution in [0.3, 0.4) is 0 Å². The first-order chi connectivity index (χ1) is 17.7. The fourth-order valence-corrected chi connectivity index (χ4v) is 6.42. The molecule has 196 valence electrons. The summed E-state index contributed by atoms with van der Waals surface area (Å²) in [7, 11) is -2.00. The Morgan fingerprint density at radius 2 is 1.22 bits per heavy atom. The molecule has 0 N–H and O–H groups in total. The zero-order chi connectivity index (χ0) is 26.1. The normalized spacial score (nSPS) is 24.2. The van der Waals surface area contributed by atoms with E-state index in [2.05, 4.69) is 107 Å². The van der Waals surface area contributed by atoms with Gasteiger partial charge in [0, 0.05) is 6.42 Å².